The lowest BCUT2D eigenvalue weighted by Gasteiger charge is -2.29. The summed E-state index contributed by atoms with van der Waals surface area (Å²) >= 11 is 0. The van der Waals surface area contributed by atoms with Crippen LogP contribution in [-0.2, 0) is 0 Å². The lowest BCUT2D eigenvalue weighted by Crippen LogP contribution is -2.38. The maximum atomic E-state index is 9.40. The first-order valence-electron chi connectivity index (χ1n) is 5.96. The standard InChI is InChI=1S/C11H20N2O/c14-8-1-3-13(4-2-8)7-11-9-5-12-6-10(9)11/h8-12,14H,1-7H2. The molecule has 0 spiro atoms. The van der Waals surface area contributed by atoms with E-state index < -0.39 is 0 Å². The van der Waals surface area contributed by atoms with Gasteiger partial charge in [-0.3, -0.25) is 0 Å². The third kappa shape index (κ3) is 1.58. The summed E-state index contributed by atoms with van der Waals surface area (Å²) in [5, 5.41) is 12.8. The van der Waals surface area contributed by atoms with Crippen LogP contribution in [-0.4, -0.2) is 48.8 Å². The Morgan fingerprint density at radius 3 is 2.43 bits per heavy atom. The highest BCUT2D eigenvalue weighted by molar-refractivity contribution is 5.04. The molecule has 80 valence electrons. The van der Waals surface area contributed by atoms with Crippen LogP contribution < -0.4 is 5.32 Å². The summed E-state index contributed by atoms with van der Waals surface area (Å²) < 4.78 is 0. The topological polar surface area (TPSA) is 35.5 Å². The number of likely N-dealkylation sites (tertiary alicyclic amines) is 1. The van der Waals surface area contributed by atoms with Crippen LogP contribution in [0.25, 0.3) is 0 Å². The first kappa shape index (κ1) is 9.13. The van der Waals surface area contributed by atoms with Crippen LogP contribution in [0.4, 0.5) is 0 Å². The van der Waals surface area contributed by atoms with Gasteiger partial charge >= 0.3 is 0 Å². The monoisotopic (exact) mass is 196 g/mol. The molecule has 3 aliphatic rings. The van der Waals surface area contributed by atoms with Crippen LogP contribution in [0.5, 0.6) is 0 Å². The predicted octanol–water partition coefficient (Wildman–Crippen LogP) is -0.0915. The first-order chi connectivity index (χ1) is 6.84. The van der Waals surface area contributed by atoms with E-state index in [4.69, 9.17) is 0 Å². The molecule has 1 aliphatic carbocycles. The van der Waals surface area contributed by atoms with Crippen molar-refractivity contribution in [2.75, 3.05) is 32.7 Å². The van der Waals surface area contributed by atoms with Gasteiger partial charge in [0.25, 0.3) is 0 Å². The van der Waals surface area contributed by atoms with E-state index in [9.17, 15) is 5.11 Å². The summed E-state index contributed by atoms with van der Waals surface area (Å²) in [6.45, 7) is 6.04. The SMILES string of the molecule is OC1CCN(CC2C3CNCC32)CC1. The third-order valence-corrected chi connectivity index (χ3v) is 4.30. The maximum absolute atomic E-state index is 9.40. The number of aliphatic hydroxyl groups excluding tert-OH is 1. The van der Waals surface area contributed by atoms with Crippen LogP contribution in [0.3, 0.4) is 0 Å². The van der Waals surface area contributed by atoms with Crippen molar-refractivity contribution >= 4 is 0 Å². The fourth-order valence-electron chi connectivity index (χ4n) is 3.22. The predicted molar refractivity (Wildman–Crippen MR) is 55.0 cm³/mol. The zero-order chi connectivity index (χ0) is 9.54. The van der Waals surface area contributed by atoms with Crippen molar-refractivity contribution in [3.63, 3.8) is 0 Å². The van der Waals surface area contributed by atoms with E-state index in [1.54, 1.807) is 0 Å². The van der Waals surface area contributed by atoms with Gasteiger partial charge in [0.2, 0.25) is 0 Å². The molecule has 3 fully saturated rings. The zero-order valence-corrected chi connectivity index (χ0v) is 8.65. The van der Waals surface area contributed by atoms with Crippen LogP contribution >= 0.6 is 0 Å². The molecule has 2 N–H and O–H groups in total. The molecule has 1 saturated carbocycles. The maximum Gasteiger partial charge on any atom is 0.0564 e. The number of hydrogen-bond acceptors (Lipinski definition) is 3. The number of hydrogen-bond donors (Lipinski definition) is 2. The molecule has 2 atom stereocenters. The molecule has 3 rings (SSSR count). The van der Waals surface area contributed by atoms with Crippen molar-refractivity contribution in [2.24, 2.45) is 17.8 Å². The van der Waals surface area contributed by atoms with E-state index in [0.29, 0.717) is 0 Å². The number of piperidine rings is 2. The zero-order valence-electron chi connectivity index (χ0n) is 8.65. The van der Waals surface area contributed by atoms with Gasteiger partial charge in [0.15, 0.2) is 0 Å². The van der Waals surface area contributed by atoms with Gasteiger partial charge < -0.3 is 15.3 Å². The Hall–Kier alpha value is -0.120. The lowest BCUT2D eigenvalue weighted by atomic mass is 10.1. The Morgan fingerprint density at radius 1 is 1.14 bits per heavy atom. The number of rotatable bonds is 2. The normalized spacial score (nSPS) is 43.9. The number of nitrogens with zero attached hydrogens (tertiary/aromatic N) is 1. The smallest absolute Gasteiger partial charge is 0.0564 e. The van der Waals surface area contributed by atoms with Crippen molar-refractivity contribution in [3.05, 3.63) is 0 Å². The van der Waals surface area contributed by atoms with Crippen molar-refractivity contribution in [2.45, 2.75) is 18.9 Å². The molecular weight excluding hydrogens is 176 g/mol. The van der Waals surface area contributed by atoms with Crippen molar-refractivity contribution in [1.29, 1.82) is 0 Å². The second-order valence-corrected chi connectivity index (χ2v) is 5.18. The Kier molecular flexibility index (Phi) is 2.26. The van der Waals surface area contributed by atoms with E-state index in [1.165, 1.54) is 19.6 Å². The van der Waals surface area contributed by atoms with Gasteiger partial charge in [-0.15, -0.1) is 0 Å². The molecule has 2 unspecified atom stereocenters. The van der Waals surface area contributed by atoms with Crippen molar-refractivity contribution in [1.82, 2.24) is 10.2 Å². The molecule has 0 aromatic heterocycles. The summed E-state index contributed by atoms with van der Waals surface area (Å²) in [5.41, 5.74) is 0. The highest BCUT2D eigenvalue weighted by Crippen LogP contribution is 2.49. The van der Waals surface area contributed by atoms with Crippen LogP contribution in [0, 0.1) is 17.8 Å². The molecule has 3 nitrogen and oxygen atoms in total. The molecule has 2 heterocycles. The Morgan fingerprint density at radius 2 is 1.79 bits per heavy atom. The number of nitrogens with one attached hydrogen (secondary N) is 1. The van der Waals surface area contributed by atoms with E-state index in [-0.39, 0.29) is 6.10 Å². The highest BCUT2D eigenvalue weighted by Gasteiger charge is 2.52. The van der Waals surface area contributed by atoms with E-state index in [2.05, 4.69) is 10.2 Å². The molecule has 0 amide bonds. The van der Waals surface area contributed by atoms with Gasteiger partial charge in [0, 0.05) is 19.6 Å². The Labute approximate surface area is 85.5 Å². The largest absolute Gasteiger partial charge is 0.393 e. The van der Waals surface area contributed by atoms with E-state index in [0.717, 1.165) is 43.7 Å². The van der Waals surface area contributed by atoms with Crippen LogP contribution in [0.1, 0.15) is 12.8 Å². The minimum atomic E-state index is -0.0216. The van der Waals surface area contributed by atoms with Gasteiger partial charge in [-0.05, 0) is 43.7 Å². The molecule has 14 heavy (non-hydrogen) atoms. The first-order valence-corrected chi connectivity index (χ1v) is 5.96. The molecular formula is C11H20N2O. The molecule has 0 radical (unpaired) electrons. The van der Waals surface area contributed by atoms with Crippen LogP contribution in [0.2, 0.25) is 0 Å². The van der Waals surface area contributed by atoms with Gasteiger partial charge in [-0.25, -0.2) is 0 Å². The highest BCUT2D eigenvalue weighted by atomic mass is 16.3. The number of aliphatic hydroxyl groups is 1. The third-order valence-electron chi connectivity index (χ3n) is 4.30. The Bertz CT molecular complexity index is 203. The van der Waals surface area contributed by atoms with Crippen LogP contribution in [0.15, 0.2) is 0 Å². The summed E-state index contributed by atoms with van der Waals surface area (Å²) in [4.78, 5) is 2.55. The number of fused-ring (bicyclic) bond motifs is 1. The van der Waals surface area contributed by atoms with Gasteiger partial charge in [0.05, 0.1) is 6.10 Å². The summed E-state index contributed by atoms with van der Waals surface area (Å²) in [5.74, 6) is 2.95. The minimum Gasteiger partial charge on any atom is -0.393 e. The van der Waals surface area contributed by atoms with Gasteiger partial charge in [0.1, 0.15) is 0 Å². The second-order valence-electron chi connectivity index (χ2n) is 5.18. The van der Waals surface area contributed by atoms with Crippen molar-refractivity contribution < 1.29 is 5.11 Å². The molecule has 3 heteroatoms. The molecule has 0 aromatic carbocycles. The molecule has 0 aromatic rings. The second kappa shape index (κ2) is 3.47. The van der Waals surface area contributed by atoms with Crippen molar-refractivity contribution in [3.8, 4) is 0 Å². The van der Waals surface area contributed by atoms with E-state index in [1.807, 2.05) is 0 Å². The fraction of sp³-hybridized carbons (Fsp3) is 1.00. The molecule has 2 aliphatic heterocycles. The average molecular weight is 196 g/mol. The van der Waals surface area contributed by atoms with E-state index >= 15 is 0 Å². The molecule has 2 saturated heterocycles. The fourth-order valence-corrected chi connectivity index (χ4v) is 3.22. The summed E-state index contributed by atoms with van der Waals surface area (Å²) in [7, 11) is 0. The van der Waals surface area contributed by atoms with Gasteiger partial charge in [-0.1, -0.05) is 0 Å². The average Bonchev–Trinajstić information content (AvgIpc) is 2.63. The Balaban J connectivity index is 1.45. The summed E-state index contributed by atoms with van der Waals surface area (Å²) in [6, 6.07) is 0. The molecule has 0 bridgehead atoms. The minimum absolute atomic E-state index is 0.0216. The quantitative estimate of drug-likeness (QED) is 0.648. The lowest BCUT2D eigenvalue weighted by molar-refractivity contribution is 0.0788. The van der Waals surface area contributed by atoms with Gasteiger partial charge in [-0.2, -0.15) is 0 Å². The summed E-state index contributed by atoms with van der Waals surface area (Å²) in [6.07, 6.45) is 1.95.